The van der Waals surface area contributed by atoms with Crippen molar-refractivity contribution in [2.75, 3.05) is 0 Å². The molecule has 1 nitrogen and oxygen atoms in total. The Morgan fingerprint density at radius 1 is 0.793 bits per heavy atom. The van der Waals surface area contributed by atoms with Crippen molar-refractivity contribution in [1.82, 2.24) is 3.30 Å². The molecular formula is C26H36HfNSi. The van der Waals surface area contributed by atoms with Crippen LogP contribution in [0.3, 0.4) is 0 Å². The maximum atomic E-state index is 4.12. The Hall–Kier alpha value is -1.03. The molecule has 2 aliphatic rings. The van der Waals surface area contributed by atoms with Gasteiger partial charge in [-0.3, -0.25) is 0 Å². The summed E-state index contributed by atoms with van der Waals surface area (Å²) in [5, 5.41) is 0. The van der Waals surface area contributed by atoms with E-state index in [4.69, 9.17) is 0 Å². The number of rotatable bonds is 5. The monoisotopic (exact) mass is 570 g/mol. The molecule has 0 bridgehead atoms. The van der Waals surface area contributed by atoms with E-state index < -0.39 is 26.9 Å². The first-order chi connectivity index (χ1) is 13.9. The topological polar surface area (TPSA) is 12.0 Å². The van der Waals surface area contributed by atoms with Crippen LogP contribution in [0.15, 0.2) is 80.7 Å². The largest absolute Gasteiger partial charge is 0.0622 e. The van der Waals surface area contributed by atoms with E-state index in [0.29, 0.717) is 0 Å². The summed E-state index contributed by atoms with van der Waals surface area (Å²) in [5.41, 5.74) is 7.47. The minimum atomic E-state index is -1.64. The van der Waals surface area contributed by atoms with Crippen LogP contribution >= 0.6 is 0 Å². The van der Waals surface area contributed by atoms with Gasteiger partial charge < -0.3 is 0 Å². The zero-order valence-corrected chi connectivity index (χ0v) is 23.7. The van der Waals surface area contributed by atoms with E-state index in [0.717, 1.165) is 12.0 Å². The second-order valence-electron chi connectivity index (χ2n) is 8.79. The van der Waals surface area contributed by atoms with E-state index in [1.54, 1.807) is 16.7 Å². The van der Waals surface area contributed by atoms with Gasteiger partial charge in [-0.15, -0.1) is 0 Å². The molecule has 29 heavy (non-hydrogen) atoms. The van der Waals surface area contributed by atoms with E-state index in [1.807, 2.05) is 15.5 Å². The molecule has 2 aromatic carbocycles. The summed E-state index contributed by atoms with van der Waals surface area (Å²) in [4.78, 5) is 0. The van der Waals surface area contributed by atoms with Crippen molar-refractivity contribution in [1.29, 1.82) is 0 Å². The standard InChI is InChI=1S/C12H10.C9H13.C3H6N.C2H7Si.Hf/c1-3-7-11(8-4-1)12-9-5-2-6-10-12;1-6-5-7(2)9(4)8(6)3;4-3-1-2-3;1-3-2;/h1-10H;6H,1-4H3;3-4H,1-2H2;3H,1-2H3;/q;;-1;;+1. The molecule has 1 N–H and O–H groups in total. The van der Waals surface area contributed by atoms with E-state index >= 15 is 0 Å². The molecule has 1 unspecified atom stereocenters. The maximum absolute atomic E-state index is 4.12. The van der Waals surface area contributed by atoms with E-state index in [2.05, 4.69) is 92.6 Å². The zero-order chi connectivity index (χ0) is 21.0. The van der Waals surface area contributed by atoms with Crippen LogP contribution in [0.5, 0.6) is 0 Å². The molecular weight excluding hydrogens is 533 g/mol. The van der Waals surface area contributed by atoms with Crippen LogP contribution in [0.25, 0.3) is 11.1 Å². The van der Waals surface area contributed by atoms with Crippen molar-refractivity contribution in [3.8, 4) is 11.1 Å². The van der Waals surface area contributed by atoms with Gasteiger partial charge in [-0.1, -0.05) is 60.7 Å². The summed E-state index contributed by atoms with van der Waals surface area (Å²) >= 11 is -1.64. The second-order valence-corrected chi connectivity index (χ2v) is 34.2. The smallest absolute Gasteiger partial charge is 0.0184 e. The third-order valence-corrected chi connectivity index (χ3v) is 31.4. The van der Waals surface area contributed by atoms with Crippen molar-refractivity contribution in [3.63, 3.8) is 0 Å². The summed E-state index contributed by atoms with van der Waals surface area (Å²) in [7, 11) is 0. The van der Waals surface area contributed by atoms with Gasteiger partial charge in [0.15, 0.2) is 0 Å². The molecule has 0 spiro atoms. The fourth-order valence-corrected chi connectivity index (χ4v) is 28.8. The summed E-state index contributed by atoms with van der Waals surface area (Å²) in [6, 6.07) is 21.7. The predicted octanol–water partition coefficient (Wildman–Crippen LogP) is 6.87. The fraction of sp³-hybridized carbons (Fsp3) is 0.385. The SMILES string of the molecule is CC1=C(C)C(C)[C]([Hf]([NH]C2CC2)[SiH](C)C)=C1C.c1ccc(-c2ccccc2)cc1. The molecule has 0 aliphatic heterocycles. The normalized spacial score (nSPS) is 18.8. The minimum absolute atomic E-state index is 0.469. The first-order valence-electron chi connectivity index (χ1n) is 11.0. The molecule has 0 amide bonds. The van der Waals surface area contributed by atoms with Crippen molar-refractivity contribution in [3.05, 3.63) is 80.7 Å². The molecule has 153 valence electrons. The Morgan fingerprint density at radius 3 is 1.62 bits per heavy atom. The Labute approximate surface area is 186 Å². The molecule has 1 fully saturated rings. The van der Waals surface area contributed by atoms with Gasteiger partial charge in [0.05, 0.1) is 0 Å². The third kappa shape index (κ3) is 5.77. The van der Waals surface area contributed by atoms with Gasteiger partial charge in [-0.05, 0) is 11.1 Å². The number of nitrogens with one attached hydrogen (secondary N) is 1. The van der Waals surface area contributed by atoms with Gasteiger partial charge in [0.25, 0.3) is 0 Å². The van der Waals surface area contributed by atoms with Crippen molar-refractivity contribution in [2.24, 2.45) is 5.92 Å². The van der Waals surface area contributed by atoms with E-state index in [9.17, 15) is 0 Å². The quantitative estimate of drug-likeness (QED) is 0.388. The molecule has 0 radical (unpaired) electrons. The zero-order valence-electron chi connectivity index (χ0n) is 18.9. The molecule has 0 heterocycles. The number of hydrogen-bond donors (Lipinski definition) is 1. The molecule has 2 aromatic rings. The molecule has 3 heteroatoms. The van der Waals surface area contributed by atoms with Crippen LogP contribution in [0.2, 0.25) is 13.1 Å². The summed E-state index contributed by atoms with van der Waals surface area (Å²) < 4.78 is 6.05. The second kappa shape index (κ2) is 10.3. The summed E-state index contributed by atoms with van der Waals surface area (Å²) in [5.74, 6) is 0.293. The van der Waals surface area contributed by atoms with Crippen LogP contribution in [0, 0.1) is 5.92 Å². The number of allylic oxidation sites excluding steroid dienone is 4. The first-order valence-corrected chi connectivity index (χ1v) is 23.7. The summed E-state index contributed by atoms with van der Waals surface area (Å²) in [6.45, 7) is 14.7. The Kier molecular flexibility index (Phi) is 8.06. The summed E-state index contributed by atoms with van der Waals surface area (Å²) in [6.07, 6.45) is 2.89. The average Bonchev–Trinajstić information content (AvgIpc) is 3.54. The van der Waals surface area contributed by atoms with Crippen LogP contribution in [0.4, 0.5) is 0 Å². The maximum Gasteiger partial charge on any atom is -0.0184 e. The van der Waals surface area contributed by atoms with Gasteiger partial charge in [0, 0.05) is 0 Å². The molecule has 0 saturated heterocycles. The van der Waals surface area contributed by atoms with Gasteiger partial charge in [0.2, 0.25) is 0 Å². The third-order valence-electron chi connectivity index (χ3n) is 6.33. The van der Waals surface area contributed by atoms with Crippen LogP contribution < -0.4 is 3.30 Å². The predicted molar refractivity (Wildman–Crippen MR) is 127 cm³/mol. The van der Waals surface area contributed by atoms with Gasteiger partial charge in [-0.2, -0.15) is 0 Å². The number of benzene rings is 2. The van der Waals surface area contributed by atoms with Gasteiger partial charge in [0.1, 0.15) is 0 Å². The van der Waals surface area contributed by atoms with E-state index in [-0.39, 0.29) is 0 Å². The molecule has 2 aliphatic carbocycles. The van der Waals surface area contributed by atoms with Crippen molar-refractivity contribution < 1.29 is 20.9 Å². The van der Waals surface area contributed by atoms with Crippen molar-refractivity contribution in [2.45, 2.75) is 59.7 Å². The van der Waals surface area contributed by atoms with Crippen LogP contribution in [-0.2, 0) is 20.9 Å². The van der Waals surface area contributed by atoms with E-state index in [1.165, 1.54) is 24.0 Å². The van der Waals surface area contributed by atoms with Crippen LogP contribution in [-0.4, -0.2) is 12.0 Å². The van der Waals surface area contributed by atoms with Gasteiger partial charge in [-0.25, -0.2) is 0 Å². The Balaban J connectivity index is 0.000000176. The fourth-order valence-electron chi connectivity index (χ4n) is 4.06. The molecule has 0 aromatic heterocycles. The average molecular weight is 569 g/mol. The molecule has 4 rings (SSSR count). The van der Waals surface area contributed by atoms with Crippen LogP contribution in [0.1, 0.15) is 40.5 Å². The van der Waals surface area contributed by atoms with Crippen molar-refractivity contribution >= 4 is 5.98 Å². The Bertz CT molecular complexity index is 829. The minimum Gasteiger partial charge on any atom is -0.0622 e. The molecule has 1 atom stereocenters. The number of hydrogen-bond acceptors (Lipinski definition) is 1. The molecule has 1 saturated carbocycles. The van der Waals surface area contributed by atoms with Gasteiger partial charge >= 0.3 is 116 Å². The first kappa shape index (κ1) is 22.6. The Morgan fingerprint density at radius 2 is 1.28 bits per heavy atom.